The van der Waals surface area contributed by atoms with Gasteiger partial charge in [0.15, 0.2) is 9.84 Å². The molecular weight excluding hydrogens is 267 g/mol. The minimum absolute atomic E-state index is 0.0438. The lowest BCUT2D eigenvalue weighted by atomic mass is 10.2. The van der Waals surface area contributed by atoms with Crippen LogP contribution in [-0.4, -0.2) is 20.0 Å². The molecule has 1 rings (SSSR count). The Hall–Kier alpha value is -0.940. The van der Waals surface area contributed by atoms with Gasteiger partial charge in [-0.05, 0) is 19.1 Å². The highest BCUT2D eigenvalue weighted by Gasteiger charge is 2.17. The standard InChI is InChI=1S/C11H12ClFO3S/c1-8(14)5-6-17(15,16)7-9-10(12)3-2-4-11(9)13/h2-4H,5-7H2,1H3. The van der Waals surface area contributed by atoms with Gasteiger partial charge in [-0.25, -0.2) is 12.8 Å². The number of ketones is 1. The number of Topliss-reactive ketones (excluding diaryl/α,β-unsaturated/α-hetero) is 1. The number of hydrogen-bond acceptors (Lipinski definition) is 3. The molecule has 1 aromatic carbocycles. The van der Waals surface area contributed by atoms with Gasteiger partial charge in [0.25, 0.3) is 0 Å². The fourth-order valence-corrected chi connectivity index (χ4v) is 3.05. The molecule has 0 aromatic heterocycles. The van der Waals surface area contributed by atoms with Gasteiger partial charge in [-0.3, -0.25) is 4.79 Å². The Balaban J connectivity index is 2.87. The Bertz CT molecular complexity index is 505. The van der Waals surface area contributed by atoms with Crippen molar-refractivity contribution in [1.82, 2.24) is 0 Å². The molecule has 0 amide bonds. The summed E-state index contributed by atoms with van der Waals surface area (Å²) in [4.78, 5) is 10.7. The van der Waals surface area contributed by atoms with Crippen LogP contribution in [0.1, 0.15) is 18.9 Å². The number of sulfone groups is 1. The molecule has 6 heteroatoms. The van der Waals surface area contributed by atoms with Crippen LogP contribution in [0.2, 0.25) is 5.02 Å². The van der Waals surface area contributed by atoms with E-state index in [0.29, 0.717) is 0 Å². The molecule has 0 aliphatic carbocycles. The Morgan fingerprint density at radius 2 is 2.06 bits per heavy atom. The highest BCUT2D eigenvalue weighted by Crippen LogP contribution is 2.21. The van der Waals surface area contributed by atoms with Crippen molar-refractivity contribution in [1.29, 1.82) is 0 Å². The van der Waals surface area contributed by atoms with Crippen LogP contribution in [0.25, 0.3) is 0 Å². The van der Waals surface area contributed by atoms with Gasteiger partial charge < -0.3 is 0 Å². The van der Waals surface area contributed by atoms with E-state index in [9.17, 15) is 17.6 Å². The van der Waals surface area contributed by atoms with Crippen molar-refractivity contribution in [2.75, 3.05) is 5.75 Å². The maximum atomic E-state index is 13.4. The molecule has 94 valence electrons. The van der Waals surface area contributed by atoms with Gasteiger partial charge in [0.1, 0.15) is 11.6 Å². The van der Waals surface area contributed by atoms with Gasteiger partial charge in [0, 0.05) is 17.0 Å². The van der Waals surface area contributed by atoms with E-state index in [4.69, 9.17) is 11.6 Å². The van der Waals surface area contributed by atoms with Gasteiger partial charge in [-0.2, -0.15) is 0 Å². The van der Waals surface area contributed by atoms with Crippen LogP contribution in [0.4, 0.5) is 4.39 Å². The molecule has 0 aliphatic heterocycles. The molecule has 0 radical (unpaired) electrons. The first-order valence-corrected chi connectivity index (χ1v) is 7.14. The van der Waals surface area contributed by atoms with E-state index in [0.717, 1.165) is 6.07 Å². The zero-order chi connectivity index (χ0) is 13.1. The second-order valence-corrected chi connectivity index (χ2v) is 6.34. The SMILES string of the molecule is CC(=O)CCS(=O)(=O)Cc1c(F)cccc1Cl. The Labute approximate surface area is 105 Å². The predicted octanol–water partition coefficient (Wildman–Crippen LogP) is 2.37. The zero-order valence-electron chi connectivity index (χ0n) is 9.24. The average molecular weight is 279 g/mol. The first kappa shape index (κ1) is 14.1. The summed E-state index contributed by atoms with van der Waals surface area (Å²) in [6.07, 6.45) is -0.0611. The summed E-state index contributed by atoms with van der Waals surface area (Å²) in [7, 11) is -3.52. The lowest BCUT2D eigenvalue weighted by molar-refractivity contribution is -0.116. The molecule has 0 saturated heterocycles. The Kier molecular flexibility index (Phi) is 4.65. The second kappa shape index (κ2) is 5.60. The van der Waals surface area contributed by atoms with Gasteiger partial charge in [-0.15, -0.1) is 0 Å². The van der Waals surface area contributed by atoms with Crippen LogP contribution in [-0.2, 0) is 20.4 Å². The van der Waals surface area contributed by atoms with Crippen molar-refractivity contribution < 1.29 is 17.6 Å². The molecule has 0 N–H and O–H groups in total. The number of rotatable bonds is 5. The molecule has 0 bridgehead atoms. The van der Waals surface area contributed by atoms with Gasteiger partial charge >= 0.3 is 0 Å². The summed E-state index contributed by atoms with van der Waals surface area (Å²) in [6.45, 7) is 1.31. The Morgan fingerprint density at radius 3 is 2.59 bits per heavy atom. The molecule has 0 saturated carbocycles. The number of halogens is 2. The summed E-state index contributed by atoms with van der Waals surface area (Å²) in [5.74, 6) is -1.63. The number of hydrogen-bond donors (Lipinski definition) is 0. The van der Waals surface area contributed by atoms with Gasteiger partial charge in [0.2, 0.25) is 0 Å². The molecule has 3 nitrogen and oxygen atoms in total. The lowest BCUT2D eigenvalue weighted by Gasteiger charge is -2.06. The summed E-state index contributed by atoms with van der Waals surface area (Å²) >= 11 is 5.73. The molecule has 0 heterocycles. The topological polar surface area (TPSA) is 51.2 Å². The minimum atomic E-state index is -3.52. The molecule has 0 unspecified atom stereocenters. The fourth-order valence-electron chi connectivity index (χ4n) is 1.26. The molecule has 0 atom stereocenters. The van der Waals surface area contributed by atoms with Gasteiger partial charge in [0.05, 0.1) is 11.5 Å². The summed E-state index contributed by atoms with van der Waals surface area (Å²) in [5.41, 5.74) is -0.0438. The van der Waals surface area contributed by atoms with E-state index in [1.807, 2.05) is 0 Å². The van der Waals surface area contributed by atoms with Crippen LogP contribution in [0.5, 0.6) is 0 Å². The average Bonchev–Trinajstić information content (AvgIpc) is 2.21. The monoisotopic (exact) mass is 278 g/mol. The van der Waals surface area contributed by atoms with E-state index in [1.54, 1.807) is 0 Å². The molecule has 0 aliphatic rings. The molecular formula is C11H12ClFO3S. The maximum Gasteiger partial charge on any atom is 0.155 e. The van der Waals surface area contributed by atoms with Crippen molar-refractivity contribution in [3.8, 4) is 0 Å². The zero-order valence-corrected chi connectivity index (χ0v) is 10.8. The third-order valence-electron chi connectivity index (χ3n) is 2.19. The molecule has 0 spiro atoms. The van der Waals surface area contributed by atoms with Crippen molar-refractivity contribution in [2.24, 2.45) is 0 Å². The number of carbonyl (C=O) groups is 1. The van der Waals surface area contributed by atoms with E-state index < -0.39 is 21.4 Å². The van der Waals surface area contributed by atoms with Crippen LogP contribution in [0, 0.1) is 5.82 Å². The van der Waals surface area contributed by atoms with Crippen molar-refractivity contribution in [2.45, 2.75) is 19.1 Å². The number of carbonyl (C=O) groups excluding carboxylic acids is 1. The third kappa shape index (κ3) is 4.44. The maximum absolute atomic E-state index is 13.4. The van der Waals surface area contributed by atoms with Crippen molar-refractivity contribution >= 4 is 27.2 Å². The van der Waals surface area contributed by atoms with Crippen LogP contribution in [0.15, 0.2) is 18.2 Å². The first-order valence-electron chi connectivity index (χ1n) is 4.94. The summed E-state index contributed by atoms with van der Waals surface area (Å²) in [5, 5.41) is 0.0800. The normalized spacial score (nSPS) is 11.5. The minimum Gasteiger partial charge on any atom is -0.300 e. The van der Waals surface area contributed by atoms with E-state index in [2.05, 4.69) is 0 Å². The molecule has 1 aromatic rings. The van der Waals surface area contributed by atoms with Crippen molar-refractivity contribution in [3.63, 3.8) is 0 Å². The van der Waals surface area contributed by atoms with Crippen molar-refractivity contribution in [3.05, 3.63) is 34.6 Å². The highest BCUT2D eigenvalue weighted by atomic mass is 35.5. The summed E-state index contributed by atoms with van der Waals surface area (Å²) < 4.78 is 36.6. The lowest BCUT2D eigenvalue weighted by Crippen LogP contribution is -2.13. The highest BCUT2D eigenvalue weighted by molar-refractivity contribution is 7.90. The second-order valence-electron chi connectivity index (χ2n) is 3.74. The quantitative estimate of drug-likeness (QED) is 0.831. The Morgan fingerprint density at radius 1 is 1.41 bits per heavy atom. The smallest absolute Gasteiger partial charge is 0.155 e. The van der Waals surface area contributed by atoms with Crippen LogP contribution in [0.3, 0.4) is 0 Å². The number of benzene rings is 1. The van der Waals surface area contributed by atoms with E-state index in [-0.39, 0.29) is 28.5 Å². The summed E-state index contributed by atoms with van der Waals surface area (Å²) in [6, 6.07) is 3.99. The fraction of sp³-hybridized carbons (Fsp3) is 0.364. The molecule has 0 fully saturated rings. The predicted molar refractivity (Wildman–Crippen MR) is 64.2 cm³/mol. The van der Waals surface area contributed by atoms with Crippen LogP contribution >= 0.6 is 11.6 Å². The van der Waals surface area contributed by atoms with Crippen LogP contribution < -0.4 is 0 Å². The largest absolute Gasteiger partial charge is 0.300 e. The third-order valence-corrected chi connectivity index (χ3v) is 4.10. The van der Waals surface area contributed by atoms with E-state index in [1.165, 1.54) is 19.1 Å². The first-order chi connectivity index (χ1) is 7.82. The molecule has 17 heavy (non-hydrogen) atoms. The van der Waals surface area contributed by atoms with Gasteiger partial charge in [-0.1, -0.05) is 17.7 Å². The van der Waals surface area contributed by atoms with E-state index >= 15 is 0 Å².